The average Bonchev–Trinajstić information content (AvgIpc) is 3.10. The van der Waals surface area contributed by atoms with Gasteiger partial charge in [0.25, 0.3) is 5.91 Å². The van der Waals surface area contributed by atoms with Crippen molar-refractivity contribution < 1.29 is 4.79 Å². The van der Waals surface area contributed by atoms with Crippen molar-refractivity contribution in [1.82, 2.24) is 9.47 Å². The summed E-state index contributed by atoms with van der Waals surface area (Å²) in [6.45, 7) is 5.79. The van der Waals surface area contributed by atoms with Crippen LogP contribution in [0.3, 0.4) is 0 Å². The molecule has 2 heterocycles. The molecule has 21 heavy (non-hydrogen) atoms. The number of amides is 1. The Hall–Kier alpha value is -1.74. The van der Waals surface area contributed by atoms with Crippen molar-refractivity contribution in [2.75, 3.05) is 13.1 Å². The number of rotatable bonds is 2. The van der Waals surface area contributed by atoms with Crippen LogP contribution in [0.1, 0.15) is 34.6 Å². The Morgan fingerprint density at radius 3 is 2.29 bits per heavy atom. The largest absolute Gasteiger partial charge is 0.339 e. The minimum Gasteiger partial charge on any atom is -0.339 e. The van der Waals surface area contributed by atoms with E-state index in [-0.39, 0.29) is 5.91 Å². The van der Waals surface area contributed by atoms with Gasteiger partial charge in [0.05, 0.1) is 10.6 Å². The van der Waals surface area contributed by atoms with Crippen molar-refractivity contribution in [3.63, 3.8) is 0 Å². The van der Waals surface area contributed by atoms with E-state index < -0.39 is 0 Å². The van der Waals surface area contributed by atoms with Crippen LogP contribution in [-0.4, -0.2) is 28.5 Å². The Morgan fingerprint density at radius 1 is 1.05 bits per heavy atom. The van der Waals surface area contributed by atoms with E-state index in [2.05, 4.69) is 30.5 Å². The van der Waals surface area contributed by atoms with Crippen LogP contribution in [0, 0.1) is 13.8 Å². The Balaban J connectivity index is 2.02. The van der Waals surface area contributed by atoms with E-state index in [4.69, 9.17) is 11.6 Å². The van der Waals surface area contributed by atoms with Crippen LogP contribution >= 0.6 is 11.6 Å². The first kappa shape index (κ1) is 14.2. The second-order valence-corrected chi connectivity index (χ2v) is 6.02. The second-order valence-electron chi connectivity index (χ2n) is 5.61. The third-order valence-corrected chi connectivity index (χ3v) is 4.43. The predicted octanol–water partition coefficient (Wildman–Crippen LogP) is 3.98. The van der Waals surface area contributed by atoms with Gasteiger partial charge in [0, 0.05) is 30.2 Å². The number of hydrogen-bond donors (Lipinski definition) is 0. The molecule has 0 unspecified atom stereocenters. The molecule has 1 fully saturated rings. The van der Waals surface area contributed by atoms with E-state index >= 15 is 0 Å². The Kier molecular flexibility index (Phi) is 3.77. The van der Waals surface area contributed by atoms with Gasteiger partial charge in [0.15, 0.2) is 0 Å². The summed E-state index contributed by atoms with van der Waals surface area (Å²) in [5, 5.41) is 0.526. The normalized spacial score (nSPS) is 14.7. The van der Waals surface area contributed by atoms with Crippen LogP contribution in [0.2, 0.25) is 5.02 Å². The highest BCUT2D eigenvalue weighted by atomic mass is 35.5. The number of hydrogen-bond acceptors (Lipinski definition) is 1. The van der Waals surface area contributed by atoms with Crippen LogP contribution < -0.4 is 0 Å². The molecule has 0 bridgehead atoms. The molecule has 2 aromatic rings. The number of benzene rings is 1. The molecule has 1 aromatic heterocycles. The first-order valence-corrected chi connectivity index (χ1v) is 7.70. The molecular formula is C17H19ClN2O. The number of nitrogens with zero attached hydrogens (tertiary/aromatic N) is 2. The average molecular weight is 303 g/mol. The maximum atomic E-state index is 12.6. The van der Waals surface area contributed by atoms with Crippen molar-refractivity contribution in [2.24, 2.45) is 0 Å². The third-order valence-electron chi connectivity index (χ3n) is 4.10. The molecule has 1 aromatic carbocycles. The van der Waals surface area contributed by atoms with Gasteiger partial charge in [-0.1, -0.05) is 11.6 Å². The van der Waals surface area contributed by atoms with E-state index in [9.17, 15) is 4.79 Å². The van der Waals surface area contributed by atoms with Crippen LogP contribution in [0.5, 0.6) is 0 Å². The van der Waals surface area contributed by atoms with Gasteiger partial charge in [0.2, 0.25) is 0 Å². The maximum absolute atomic E-state index is 12.6. The van der Waals surface area contributed by atoms with Gasteiger partial charge in [0.1, 0.15) is 0 Å². The summed E-state index contributed by atoms with van der Waals surface area (Å²) >= 11 is 6.25. The minimum atomic E-state index is 0.0433. The third kappa shape index (κ3) is 2.58. The summed E-state index contributed by atoms with van der Waals surface area (Å²) in [6, 6.07) is 9.84. The summed E-state index contributed by atoms with van der Waals surface area (Å²) in [6.07, 6.45) is 2.16. The first-order chi connectivity index (χ1) is 10.1. The van der Waals surface area contributed by atoms with Crippen LogP contribution in [-0.2, 0) is 0 Å². The number of carbonyl (C=O) groups excluding carboxylic acids is 1. The molecule has 4 heteroatoms. The lowest BCUT2D eigenvalue weighted by Crippen LogP contribution is -2.28. The SMILES string of the molecule is Cc1ccc(C)n1-c1ccc(Cl)c(C(=O)N2CCCC2)c1. The molecular weight excluding hydrogens is 284 g/mol. The van der Waals surface area contributed by atoms with E-state index in [0.29, 0.717) is 10.6 Å². The van der Waals surface area contributed by atoms with E-state index in [1.165, 1.54) is 0 Å². The van der Waals surface area contributed by atoms with Gasteiger partial charge in [-0.3, -0.25) is 4.79 Å². The van der Waals surface area contributed by atoms with Crippen molar-refractivity contribution >= 4 is 17.5 Å². The molecule has 1 aliphatic rings. The zero-order valence-electron chi connectivity index (χ0n) is 12.4. The number of aromatic nitrogens is 1. The van der Waals surface area contributed by atoms with Crippen LogP contribution in [0.15, 0.2) is 30.3 Å². The van der Waals surface area contributed by atoms with Gasteiger partial charge in [-0.15, -0.1) is 0 Å². The van der Waals surface area contributed by atoms with Crippen molar-refractivity contribution in [3.8, 4) is 5.69 Å². The molecule has 3 nitrogen and oxygen atoms in total. The lowest BCUT2D eigenvalue weighted by Gasteiger charge is -2.17. The van der Waals surface area contributed by atoms with Gasteiger partial charge >= 0.3 is 0 Å². The van der Waals surface area contributed by atoms with Crippen LogP contribution in [0.25, 0.3) is 5.69 Å². The van der Waals surface area contributed by atoms with Crippen molar-refractivity contribution in [3.05, 3.63) is 52.3 Å². The van der Waals surface area contributed by atoms with Crippen molar-refractivity contribution in [2.45, 2.75) is 26.7 Å². The minimum absolute atomic E-state index is 0.0433. The number of halogens is 1. The second kappa shape index (κ2) is 5.57. The summed E-state index contributed by atoms with van der Waals surface area (Å²) in [5.74, 6) is 0.0433. The monoisotopic (exact) mass is 302 g/mol. The summed E-state index contributed by atoms with van der Waals surface area (Å²) in [7, 11) is 0. The lowest BCUT2D eigenvalue weighted by molar-refractivity contribution is 0.0793. The fraction of sp³-hybridized carbons (Fsp3) is 0.353. The number of carbonyl (C=O) groups is 1. The zero-order chi connectivity index (χ0) is 15.0. The predicted molar refractivity (Wildman–Crippen MR) is 85.4 cm³/mol. The Morgan fingerprint density at radius 2 is 1.67 bits per heavy atom. The number of aryl methyl sites for hydroxylation is 2. The highest BCUT2D eigenvalue weighted by molar-refractivity contribution is 6.33. The molecule has 0 aliphatic carbocycles. The molecule has 3 rings (SSSR count). The van der Waals surface area contributed by atoms with Crippen molar-refractivity contribution in [1.29, 1.82) is 0 Å². The molecule has 0 atom stereocenters. The summed E-state index contributed by atoms with van der Waals surface area (Å²) in [4.78, 5) is 14.5. The number of likely N-dealkylation sites (tertiary alicyclic amines) is 1. The standard InChI is InChI=1S/C17H19ClN2O/c1-12-5-6-13(2)20(12)14-7-8-16(18)15(11-14)17(21)19-9-3-4-10-19/h5-8,11H,3-4,9-10H2,1-2H3. The molecule has 110 valence electrons. The van der Waals surface area contributed by atoms with Gasteiger partial charge in [-0.05, 0) is 57.0 Å². The molecule has 1 amide bonds. The van der Waals surface area contributed by atoms with Gasteiger partial charge < -0.3 is 9.47 Å². The van der Waals surface area contributed by atoms with E-state index in [0.717, 1.165) is 43.0 Å². The van der Waals surface area contributed by atoms with Gasteiger partial charge in [-0.2, -0.15) is 0 Å². The highest BCUT2D eigenvalue weighted by Gasteiger charge is 2.22. The maximum Gasteiger partial charge on any atom is 0.255 e. The molecule has 0 radical (unpaired) electrons. The lowest BCUT2D eigenvalue weighted by atomic mass is 10.1. The van der Waals surface area contributed by atoms with Crippen LogP contribution in [0.4, 0.5) is 0 Å². The molecule has 0 N–H and O–H groups in total. The molecule has 1 saturated heterocycles. The molecule has 1 aliphatic heterocycles. The fourth-order valence-corrected chi connectivity index (χ4v) is 3.18. The summed E-state index contributed by atoms with van der Waals surface area (Å²) < 4.78 is 2.14. The smallest absolute Gasteiger partial charge is 0.255 e. The highest BCUT2D eigenvalue weighted by Crippen LogP contribution is 2.25. The summed E-state index contributed by atoms with van der Waals surface area (Å²) in [5.41, 5.74) is 3.88. The fourth-order valence-electron chi connectivity index (χ4n) is 2.98. The topological polar surface area (TPSA) is 25.2 Å². The quantitative estimate of drug-likeness (QED) is 0.823. The Bertz CT molecular complexity index is 665. The Labute approximate surface area is 130 Å². The van der Waals surface area contributed by atoms with E-state index in [1.54, 1.807) is 0 Å². The first-order valence-electron chi connectivity index (χ1n) is 7.32. The van der Waals surface area contributed by atoms with Gasteiger partial charge in [-0.25, -0.2) is 0 Å². The molecule has 0 saturated carbocycles. The zero-order valence-corrected chi connectivity index (χ0v) is 13.2. The molecule has 0 spiro atoms. The van der Waals surface area contributed by atoms with E-state index in [1.807, 2.05) is 23.1 Å².